The Balaban J connectivity index is 1.27. The molecule has 4 rings (SSSR count). The average molecular weight is 392 g/mol. The summed E-state index contributed by atoms with van der Waals surface area (Å²) in [6, 6.07) is 10.1. The fraction of sp³-hybridized carbons (Fsp3) is 0.333. The Morgan fingerprint density at radius 2 is 2.10 bits per heavy atom. The van der Waals surface area contributed by atoms with Gasteiger partial charge in [-0.2, -0.15) is 5.10 Å². The van der Waals surface area contributed by atoms with Crippen LogP contribution in [0, 0.1) is 6.92 Å². The summed E-state index contributed by atoms with van der Waals surface area (Å²) in [5.41, 5.74) is 4.01. The number of rotatable bonds is 8. The summed E-state index contributed by atoms with van der Waals surface area (Å²) < 4.78 is 7.54. The highest BCUT2D eigenvalue weighted by molar-refractivity contribution is 5.83. The van der Waals surface area contributed by atoms with Crippen LogP contribution in [-0.4, -0.2) is 37.4 Å². The van der Waals surface area contributed by atoms with Crippen LogP contribution in [0.1, 0.15) is 30.5 Å². The first-order chi connectivity index (χ1) is 14.1. The predicted molar refractivity (Wildman–Crippen MR) is 109 cm³/mol. The van der Waals surface area contributed by atoms with Gasteiger partial charge < -0.3 is 14.7 Å². The lowest BCUT2D eigenvalue weighted by molar-refractivity contribution is -0.121. The van der Waals surface area contributed by atoms with Crippen LogP contribution in [-0.2, 0) is 24.2 Å². The van der Waals surface area contributed by atoms with E-state index in [2.05, 4.69) is 31.7 Å². The number of amides is 1. The smallest absolute Gasteiger partial charge is 0.265 e. The largest absolute Gasteiger partial charge is 0.419 e. The lowest BCUT2D eigenvalue weighted by atomic mass is 10.1. The van der Waals surface area contributed by atoms with Gasteiger partial charge in [0.05, 0.1) is 5.69 Å². The molecule has 0 saturated carbocycles. The maximum absolute atomic E-state index is 12.2. The van der Waals surface area contributed by atoms with Gasteiger partial charge in [-0.15, -0.1) is 10.2 Å². The number of fused-ring (bicyclic) bond motifs is 1. The molecule has 4 aromatic rings. The molecule has 0 radical (unpaired) electrons. The van der Waals surface area contributed by atoms with E-state index in [1.165, 1.54) is 10.9 Å². The van der Waals surface area contributed by atoms with Crippen LogP contribution in [0.4, 0.5) is 0 Å². The number of para-hydroxylation sites is 1. The van der Waals surface area contributed by atoms with Crippen molar-refractivity contribution in [2.75, 3.05) is 6.54 Å². The zero-order valence-electron chi connectivity index (χ0n) is 16.6. The molecule has 8 nitrogen and oxygen atoms in total. The molecule has 0 aliphatic rings. The van der Waals surface area contributed by atoms with Crippen molar-refractivity contribution in [1.82, 2.24) is 30.3 Å². The standard InChI is InChI=1S/C21H24N6O2/c1-3-27-18(12-14(2)26-27)21-25-24-20(29-21)9-8-19(28)22-11-10-15-13-23-17-7-5-4-6-16(15)17/h4-7,12-13,23H,3,8-11H2,1-2H3,(H,22,28). The Labute approximate surface area is 168 Å². The Morgan fingerprint density at radius 3 is 2.97 bits per heavy atom. The Kier molecular flexibility index (Phi) is 5.41. The number of nitrogens with zero attached hydrogens (tertiary/aromatic N) is 4. The second kappa shape index (κ2) is 8.30. The van der Waals surface area contributed by atoms with Crippen LogP contribution in [0.2, 0.25) is 0 Å². The van der Waals surface area contributed by atoms with Crippen molar-refractivity contribution in [3.05, 3.63) is 53.7 Å². The minimum Gasteiger partial charge on any atom is -0.419 e. The first kappa shape index (κ1) is 18.9. The number of carbonyl (C=O) groups is 1. The molecule has 3 aromatic heterocycles. The number of benzene rings is 1. The molecular formula is C21H24N6O2. The van der Waals surface area contributed by atoms with E-state index in [1.54, 1.807) is 0 Å². The lowest BCUT2D eigenvalue weighted by Gasteiger charge is -2.04. The van der Waals surface area contributed by atoms with Gasteiger partial charge in [-0.05, 0) is 38.0 Å². The minimum atomic E-state index is -0.0287. The Hall–Kier alpha value is -3.42. The van der Waals surface area contributed by atoms with Crippen LogP contribution >= 0.6 is 0 Å². The number of hydrogen-bond donors (Lipinski definition) is 2. The Bertz CT molecular complexity index is 1120. The summed E-state index contributed by atoms with van der Waals surface area (Å²) >= 11 is 0. The van der Waals surface area contributed by atoms with Gasteiger partial charge >= 0.3 is 0 Å². The minimum absolute atomic E-state index is 0.0287. The fourth-order valence-electron chi connectivity index (χ4n) is 3.40. The predicted octanol–water partition coefficient (Wildman–Crippen LogP) is 3.03. The molecule has 1 amide bonds. The summed E-state index contributed by atoms with van der Waals surface area (Å²) in [4.78, 5) is 15.4. The normalized spacial score (nSPS) is 11.2. The molecule has 0 fully saturated rings. The molecule has 0 aliphatic carbocycles. The lowest BCUT2D eigenvalue weighted by Crippen LogP contribution is -2.25. The van der Waals surface area contributed by atoms with Crippen molar-refractivity contribution in [3.63, 3.8) is 0 Å². The van der Waals surface area contributed by atoms with E-state index in [0.717, 1.165) is 29.9 Å². The third-order valence-electron chi connectivity index (χ3n) is 4.84. The summed E-state index contributed by atoms with van der Waals surface area (Å²) in [6.45, 7) is 5.24. The third kappa shape index (κ3) is 4.21. The van der Waals surface area contributed by atoms with Crippen LogP contribution in [0.25, 0.3) is 22.5 Å². The summed E-state index contributed by atoms with van der Waals surface area (Å²) in [5.74, 6) is 0.856. The second-order valence-corrected chi connectivity index (χ2v) is 6.95. The topological polar surface area (TPSA) is 102 Å². The van der Waals surface area contributed by atoms with Gasteiger partial charge in [-0.25, -0.2) is 0 Å². The molecular weight excluding hydrogens is 368 g/mol. The molecule has 0 atom stereocenters. The van der Waals surface area contributed by atoms with Crippen molar-refractivity contribution < 1.29 is 9.21 Å². The summed E-state index contributed by atoms with van der Waals surface area (Å²) in [5, 5.41) is 16.7. The van der Waals surface area contributed by atoms with Gasteiger partial charge in [-0.1, -0.05) is 18.2 Å². The third-order valence-corrected chi connectivity index (χ3v) is 4.84. The van der Waals surface area contributed by atoms with Gasteiger partial charge in [-0.3, -0.25) is 9.48 Å². The highest BCUT2D eigenvalue weighted by Gasteiger charge is 2.15. The number of H-pyrrole nitrogens is 1. The van der Waals surface area contributed by atoms with Crippen molar-refractivity contribution in [2.45, 2.75) is 39.7 Å². The van der Waals surface area contributed by atoms with Gasteiger partial charge in [0, 0.05) is 43.0 Å². The van der Waals surface area contributed by atoms with Gasteiger partial charge in [0.2, 0.25) is 11.8 Å². The number of aromatic amines is 1. The van der Waals surface area contributed by atoms with E-state index in [9.17, 15) is 4.79 Å². The van der Waals surface area contributed by atoms with Crippen LogP contribution in [0.15, 0.2) is 40.9 Å². The molecule has 0 spiro atoms. The molecule has 1 aromatic carbocycles. The molecule has 2 N–H and O–H groups in total. The molecule has 29 heavy (non-hydrogen) atoms. The van der Waals surface area contributed by atoms with Crippen LogP contribution in [0.3, 0.4) is 0 Å². The van der Waals surface area contributed by atoms with Crippen molar-refractivity contribution >= 4 is 16.8 Å². The van der Waals surface area contributed by atoms with E-state index in [4.69, 9.17) is 4.42 Å². The van der Waals surface area contributed by atoms with Crippen molar-refractivity contribution in [1.29, 1.82) is 0 Å². The van der Waals surface area contributed by atoms with E-state index < -0.39 is 0 Å². The van der Waals surface area contributed by atoms with E-state index in [-0.39, 0.29) is 5.91 Å². The number of carbonyl (C=O) groups excluding carboxylic acids is 1. The molecule has 0 unspecified atom stereocenters. The van der Waals surface area contributed by atoms with Crippen LogP contribution in [0.5, 0.6) is 0 Å². The van der Waals surface area contributed by atoms with Gasteiger partial charge in [0.1, 0.15) is 5.69 Å². The number of hydrogen-bond acceptors (Lipinski definition) is 5. The maximum atomic E-state index is 12.2. The molecule has 8 heteroatoms. The van der Waals surface area contributed by atoms with E-state index in [1.807, 2.05) is 49.0 Å². The molecule has 0 saturated heterocycles. The first-order valence-corrected chi connectivity index (χ1v) is 9.83. The number of nitrogens with one attached hydrogen (secondary N) is 2. The van der Waals surface area contributed by atoms with Crippen LogP contribution < -0.4 is 5.32 Å². The van der Waals surface area contributed by atoms with Crippen molar-refractivity contribution in [3.8, 4) is 11.6 Å². The number of aromatic nitrogens is 5. The highest BCUT2D eigenvalue weighted by Crippen LogP contribution is 2.20. The zero-order chi connectivity index (χ0) is 20.2. The van der Waals surface area contributed by atoms with Crippen molar-refractivity contribution in [2.24, 2.45) is 0 Å². The number of aryl methyl sites for hydroxylation is 3. The van der Waals surface area contributed by atoms with Gasteiger partial charge in [0.15, 0.2) is 0 Å². The first-order valence-electron chi connectivity index (χ1n) is 9.83. The summed E-state index contributed by atoms with van der Waals surface area (Å²) in [6.07, 6.45) is 3.49. The quantitative estimate of drug-likeness (QED) is 0.480. The summed E-state index contributed by atoms with van der Waals surface area (Å²) in [7, 11) is 0. The van der Waals surface area contributed by atoms with E-state index in [0.29, 0.717) is 31.2 Å². The maximum Gasteiger partial charge on any atom is 0.265 e. The molecule has 3 heterocycles. The second-order valence-electron chi connectivity index (χ2n) is 6.95. The SMILES string of the molecule is CCn1nc(C)cc1-c1nnc(CCC(=O)NCCc2c[nH]c3ccccc23)o1. The molecule has 150 valence electrons. The van der Waals surface area contributed by atoms with E-state index >= 15 is 0 Å². The fourth-order valence-corrected chi connectivity index (χ4v) is 3.40. The average Bonchev–Trinajstić information content (AvgIpc) is 3.44. The Morgan fingerprint density at radius 1 is 1.24 bits per heavy atom. The molecule has 0 aliphatic heterocycles. The molecule has 0 bridgehead atoms. The highest BCUT2D eigenvalue weighted by atomic mass is 16.4. The monoisotopic (exact) mass is 392 g/mol. The van der Waals surface area contributed by atoms with Gasteiger partial charge in [0.25, 0.3) is 5.89 Å². The zero-order valence-corrected chi connectivity index (χ0v) is 16.6.